The number of hydrogen-bond donors (Lipinski definition) is 1. The number of carboxylic acids is 1. The Labute approximate surface area is 106 Å². The average Bonchev–Trinajstić information content (AvgIpc) is 2.58. The second kappa shape index (κ2) is 5.17. The number of carboxylic acid groups (broad SMARTS) is 1. The molecule has 0 radical (unpaired) electrons. The van der Waals surface area contributed by atoms with Gasteiger partial charge in [-0.3, -0.25) is 4.79 Å². The largest absolute Gasteiger partial charge is 0.481 e. The van der Waals surface area contributed by atoms with Gasteiger partial charge in [0.2, 0.25) is 0 Å². The molecule has 1 aromatic heterocycles. The van der Waals surface area contributed by atoms with Crippen LogP contribution in [-0.4, -0.2) is 16.1 Å². The van der Waals surface area contributed by atoms with Crippen LogP contribution < -0.4 is 0 Å². The van der Waals surface area contributed by atoms with E-state index < -0.39 is 5.97 Å². The first-order chi connectivity index (χ1) is 8.08. The highest BCUT2D eigenvalue weighted by molar-refractivity contribution is 7.09. The Morgan fingerprint density at radius 3 is 2.76 bits per heavy atom. The maximum absolute atomic E-state index is 11.1. The van der Waals surface area contributed by atoms with Crippen LogP contribution in [0.2, 0.25) is 0 Å². The summed E-state index contributed by atoms with van der Waals surface area (Å²) in [6, 6.07) is 0. The molecule has 3 nitrogen and oxygen atoms in total. The van der Waals surface area contributed by atoms with Crippen molar-refractivity contribution in [2.24, 2.45) is 11.8 Å². The van der Waals surface area contributed by atoms with Crippen LogP contribution in [0, 0.1) is 11.8 Å². The molecule has 1 fully saturated rings. The molecule has 17 heavy (non-hydrogen) atoms. The average molecular weight is 253 g/mol. The zero-order chi connectivity index (χ0) is 12.4. The SMILES string of the molecule is CC(C)C(Cc1nc(C2CCC2)cs1)C(=O)O. The Hall–Kier alpha value is -0.900. The third-order valence-electron chi connectivity index (χ3n) is 3.61. The second-order valence-corrected chi connectivity index (χ2v) is 6.13. The first-order valence-corrected chi connectivity index (χ1v) is 7.13. The normalized spacial score (nSPS) is 18.1. The van der Waals surface area contributed by atoms with Crippen molar-refractivity contribution in [1.29, 1.82) is 0 Å². The number of carbonyl (C=O) groups is 1. The molecule has 1 unspecified atom stereocenters. The fourth-order valence-electron chi connectivity index (χ4n) is 2.11. The van der Waals surface area contributed by atoms with Gasteiger partial charge in [0.25, 0.3) is 0 Å². The molecule has 1 saturated carbocycles. The third-order valence-corrected chi connectivity index (χ3v) is 4.50. The maximum atomic E-state index is 11.1. The molecule has 2 rings (SSSR count). The van der Waals surface area contributed by atoms with Crippen molar-refractivity contribution < 1.29 is 9.90 Å². The third kappa shape index (κ3) is 2.86. The van der Waals surface area contributed by atoms with Gasteiger partial charge in [-0.15, -0.1) is 11.3 Å². The van der Waals surface area contributed by atoms with Crippen molar-refractivity contribution >= 4 is 17.3 Å². The Kier molecular flexibility index (Phi) is 3.82. The lowest BCUT2D eigenvalue weighted by Crippen LogP contribution is -2.22. The van der Waals surface area contributed by atoms with Crippen molar-refractivity contribution in [2.75, 3.05) is 0 Å². The first kappa shape index (κ1) is 12.6. The highest BCUT2D eigenvalue weighted by atomic mass is 32.1. The molecule has 0 saturated heterocycles. The van der Waals surface area contributed by atoms with Crippen molar-refractivity contribution in [2.45, 2.75) is 45.4 Å². The Morgan fingerprint density at radius 2 is 2.29 bits per heavy atom. The summed E-state index contributed by atoms with van der Waals surface area (Å²) in [5.74, 6) is -0.221. The zero-order valence-corrected chi connectivity index (χ0v) is 11.2. The summed E-state index contributed by atoms with van der Waals surface area (Å²) < 4.78 is 0. The molecule has 1 heterocycles. The molecule has 4 heteroatoms. The van der Waals surface area contributed by atoms with Crippen LogP contribution in [0.5, 0.6) is 0 Å². The molecule has 0 aromatic carbocycles. The summed E-state index contributed by atoms with van der Waals surface area (Å²) >= 11 is 1.62. The van der Waals surface area contributed by atoms with Crippen LogP contribution in [0.15, 0.2) is 5.38 Å². The molecule has 1 N–H and O–H groups in total. The second-order valence-electron chi connectivity index (χ2n) is 5.19. The topological polar surface area (TPSA) is 50.2 Å². The minimum Gasteiger partial charge on any atom is -0.481 e. The molecule has 0 spiro atoms. The van der Waals surface area contributed by atoms with E-state index in [2.05, 4.69) is 10.4 Å². The van der Waals surface area contributed by atoms with E-state index in [-0.39, 0.29) is 11.8 Å². The van der Waals surface area contributed by atoms with E-state index in [9.17, 15) is 4.79 Å². The molecule has 0 bridgehead atoms. The molecule has 94 valence electrons. The van der Waals surface area contributed by atoms with E-state index in [1.54, 1.807) is 11.3 Å². The number of rotatable bonds is 5. The lowest BCUT2D eigenvalue weighted by atomic mass is 9.83. The van der Waals surface area contributed by atoms with Gasteiger partial charge in [0.15, 0.2) is 0 Å². The molecular formula is C13H19NO2S. The van der Waals surface area contributed by atoms with Gasteiger partial charge in [-0.1, -0.05) is 20.3 Å². The van der Waals surface area contributed by atoms with Gasteiger partial charge >= 0.3 is 5.97 Å². The van der Waals surface area contributed by atoms with Crippen LogP contribution >= 0.6 is 11.3 Å². The highest BCUT2D eigenvalue weighted by Crippen LogP contribution is 2.37. The number of hydrogen-bond acceptors (Lipinski definition) is 3. The predicted octanol–water partition coefficient (Wildman–Crippen LogP) is 3.31. The van der Waals surface area contributed by atoms with Crippen LogP contribution in [0.4, 0.5) is 0 Å². The highest BCUT2D eigenvalue weighted by Gasteiger charge is 2.25. The van der Waals surface area contributed by atoms with Crippen molar-refractivity contribution in [3.05, 3.63) is 16.1 Å². The number of thiazole rings is 1. The minimum atomic E-state index is -0.708. The van der Waals surface area contributed by atoms with Gasteiger partial charge in [-0.2, -0.15) is 0 Å². The molecule has 0 aliphatic heterocycles. The fraction of sp³-hybridized carbons (Fsp3) is 0.692. The van der Waals surface area contributed by atoms with Crippen LogP contribution in [0.1, 0.15) is 49.7 Å². The Morgan fingerprint density at radius 1 is 1.59 bits per heavy atom. The van der Waals surface area contributed by atoms with Gasteiger partial charge in [-0.05, 0) is 18.8 Å². The van der Waals surface area contributed by atoms with Crippen molar-refractivity contribution in [3.63, 3.8) is 0 Å². The Bertz CT molecular complexity index is 396. The lowest BCUT2D eigenvalue weighted by molar-refractivity contribution is -0.143. The van der Waals surface area contributed by atoms with Crippen molar-refractivity contribution in [3.8, 4) is 0 Å². The monoisotopic (exact) mass is 253 g/mol. The number of aromatic nitrogens is 1. The van der Waals surface area contributed by atoms with E-state index >= 15 is 0 Å². The van der Waals surface area contributed by atoms with E-state index in [1.807, 2.05) is 13.8 Å². The maximum Gasteiger partial charge on any atom is 0.307 e. The van der Waals surface area contributed by atoms with Crippen LogP contribution in [-0.2, 0) is 11.2 Å². The van der Waals surface area contributed by atoms with Gasteiger partial charge in [0.05, 0.1) is 16.6 Å². The molecular weight excluding hydrogens is 234 g/mol. The molecule has 1 aliphatic rings. The summed E-state index contributed by atoms with van der Waals surface area (Å²) in [6.45, 7) is 3.92. The first-order valence-electron chi connectivity index (χ1n) is 6.25. The van der Waals surface area contributed by atoms with Crippen LogP contribution in [0.3, 0.4) is 0 Å². The minimum absolute atomic E-state index is 0.156. The molecule has 1 atom stereocenters. The quantitative estimate of drug-likeness (QED) is 0.875. The summed E-state index contributed by atoms with van der Waals surface area (Å²) in [7, 11) is 0. The van der Waals surface area contributed by atoms with Crippen molar-refractivity contribution in [1.82, 2.24) is 4.98 Å². The summed E-state index contributed by atoms with van der Waals surface area (Å²) in [5.41, 5.74) is 1.18. The molecule has 1 aromatic rings. The van der Waals surface area contributed by atoms with Gasteiger partial charge < -0.3 is 5.11 Å². The number of nitrogens with zero attached hydrogens (tertiary/aromatic N) is 1. The predicted molar refractivity (Wildman–Crippen MR) is 68.4 cm³/mol. The fourth-order valence-corrected chi connectivity index (χ4v) is 3.04. The Balaban J connectivity index is 2.01. The summed E-state index contributed by atoms with van der Waals surface area (Å²) in [5, 5.41) is 12.2. The zero-order valence-electron chi connectivity index (χ0n) is 10.3. The van der Waals surface area contributed by atoms with Gasteiger partial charge in [0, 0.05) is 17.7 Å². The standard InChI is InChI=1S/C13H19NO2S/c1-8(2)10(13(15)16)6-12-14-11(7-17-12)9-4-3-5-9/h7-10H,3-6H2,1-2H3,(H,15,16). The number of aliphatic carboxylic acids is 1. The summed E-state index contributed by atoms with van der Waals surface area (Å²) in [6.07, 6.45) is 4.37. The van der Waals surface area contributed by atoms with E-state index in [0.29, 0.717) is 12.3 Å². The molecule has 1 aliphatic carbocycles. The van der Waals surface area contributed by atoms with E-state index in [0.717, 1.165) is 5.01 Å². The smallest absolute Gasteiger partial charge is 0.307 e. The van der Waals surface area contributed by atoms with Gasteiger partial charge in [-0.25, -0.2) is 4.98 Å². The van der Waals surface area contributed by atoms with E-state index in [4.69, 9.17) is 5.11 Å². The van der Waals surface area contributed by atoms with Gasteiger partial charge in [0.1, 0.15) is 0 Å². The lowest BCUT2D eigenvalue weighted by Gasteiger charge is -2.23. The molecule has 0 amide bonds. The van der Waals surface area contributed by atoms with Crippen LogP contribution in [0.25, 0.3) is 0 Å². The summed E-state index contributed by atoms with van der Waals surface area (Å²) in [4.78, 5) is 15.7. The van der Waals surface area contributed by atoms with E-state index in [1.165, 1.54) is 25.0 Å².